The first-order valence-corrected chi connectivity index (χ1v) is 8.55. The minimum Gasteiger partial charge on any atom is -0.327 e. The number of hydrogen-bond acceptors (Lipinski definition) is 3. The Kier molecular flexibility index (Phi) is 4.78. The summed E-state index contributed by atoms with van der Waals surface area (Å²) < 4.78 is 0. The molecule has 3 aliphatic rings. The molecule has 0 aromatic carbocycles. The van der Waals surface area contributed by atoms with Gasteiger partial charge in [0.15, 0.2) is 0 Å². The van der Waals surface area contributed by atoms with Gasteiger partial charge in [-0.2, -0.15) is 0 Å². The summed E-state index contributed by atoms with van der Waals surface area (Å²) in [6.07, 6.45) is 11.1. The van der Waals surface area contributed by atoms with E-state index in [4.69, 9.17) is 5.73 Å². The molecule has 2 saturated heterocycles. The number of rotatable bonds is 5. The standard InChI is InChI=1S/C16H31N3/c17-16(14-4-5-14)8-13-18-11-6-15(7-12-18)19-9-2-1-3-10-19/h14-16H,1-13,17H2. The molecular weight excluding hydrogens is 234 g/mol. The Morgan fingerprint density at radius 3 is 2.21 bits per heavy atom. The summed E-state index contributed by atoms with van der Waals surface area (Å²) in [6, 6.07) is 1.37. The fourth-order valence-electron chi connectivity index (χ4n) is 3.88. The largest absolute Gasteiger partial charge is 0.327 e. The van der Waals surface area contributed by atoms with Crippen LogP contribution in [0.5, 0.6) is 0 Å². The smallest absolute Gasteiger partial charge is 0.0120 e. The van der Waals surface area contributed by atoms with E-state index in [2.05, 4.69) is 9.80 Å². The van der Waals surface area contributed by atoms with Gasteiger partial charge in [-0.3, -0.25) is 0 Å². The third kappa shape index (κ3) is 3.93. The summed E-state index contributed by atoms with van der Waals surface area (Å²) in [4.78, 5) is 5.42. The Balaban J connectivity index is 1.34. The molecule has 3 rings (SSSR count). The van der Waals surface area contributed by atoms with Crippen LogP contribution in [0.3, 0.4) is 0 Å². The molecule has 19 heavy (non-hydrogen) atoms. The van der Waals surface area contributed by atoms with Gasteiger partial charge in [-0.15, -0.1) is 0 Å². The van der Waals surface area contributed by atoms with E-state index in [1.165, 1.54) is 84.1 Å². The van der Waals surface area contributed by atoms with Crippen LogP contribution in [0.1, 0.15) is 51.4 Å². The van der Waals surface area contributed by atoms with Crippen molar-refractivity contribution in [1.29, 1.82) is 0 Å². The molecule has 0 aromatic rings. The Bertz CT molecular complexity index is 263. The maximum absolute atomic E-state index is 6.21. The van der Waals surface area contributed by atoms with E-state index in [1.807, 2.05) is 0 Å². The van der Waals surface area contributed by atoms with Crippen LogP contribution in [0.15, 0.2) is 0 Å². The zero-order valence-corrected chi connectivity index (χ0v) is 12.4. The first-order chi connectivity index (χ1) is 9.33. The summed E-state index contributed by atoms with van der Waals surface area (Å²) in [6.45, 7) is 6.57. The molecule has 2 N–H and O–H groups in total. The van der Waals surface area contributed by atoms with Crippen molar-refractivity contribution in [3.63, 3.8) is 0 Å². The number of nitrogens with two attached hydrogens (primary N) is 1. The van der Waals surface area contributed by atoms with E-state index in [0.29, 0.717) is 6.04 Å². The van der Waals surface area contributed by atoms with Gasteiger partial charge in [-0.1, -0.05) is 6.42 Å². The zero-order valence-electron chi connectivity index (χ0n) is 12.4. The van der Waals surface area contributed by atoms with Gasteiger partial charge in [0.2, 0.25) is 0 Å². The lowest BCUT2D eigenvalue weighted by Gasteiger charge is -2.40. The molecule has 3 heteroatoms. The normalized spacial score (nSPS) is 29.5. The lowest BCUT2D eigenvalue weighted by Crippen LogP contribution is -2.47. The quantitative estimate of drug-likeness (QED) is 0.826. The summed E-state index contributed by atoms with van der Waals surface area (Å²) in [7, 11) is 0. The molecule has 0 aromatic heterocycles. The molecule has 1 atom stereocenters. The van der Waals surface area contributed by atoms with E-state index in [9.17, 15) is 0 Å². The SMILES string of the molecule is NC(CCN1CCC(N2CCCCC2)CC1)C1CC1. The maximum Gasteiger partial charge on any atom is 0.0120 e. The first kappa shape index (κ1) is 13.8. The summed E-state index contributed by atoms with van der Waals surface area (Å²) in [5.74, 6) is 0.867. The van der Waals surface area contributed by atoms with Gasteiger partial charge in [0.25, 0.3) is 0 Å². The van der Waals surface area contributed by atoms with Crippen LogP contribution in [0.4, 0.5) is 0 Å². The highest BCUT2D eigenvalue weighted by Gasteiger charge is 2.29. The second-order valence-electron chi connectivity index (χ2n) is 6.96. The average molecular weight is 265 g/mol. The lowest BCUT2D eigenvalue weighted by atomic mass is 9.99. The second-order valence-corrected chi connectivity index (χ2v) is 6.96. The van der Waals surface area contributed by atoms with Crippen molar-refractivity contribution >= 4 is 0 Å². The lowest BCUT2D eigenvalue weighted by molar-refractivity contribution is 0.0910. The van der Waals surface area contributed by atoms with Crippen molar-refractivity contribution in [2.24, 2.45) is 11.7 Å². The number of hydrogen-bond donors (Lipinski definition) is 1. The average Bonchev–Trinajstić information content (AvgIpc) is 3.31. The molecule has 0 amide bonds. The zero-order chi connectivity index (χ0) is 13.1. The van der Waals surface area contributed by atoms with Crippen molar-refractivity contribution in [1.82, 2.24) is 9.80 Å². The highest BCUT2D eigenvalue weighted by molar-refractivity contribution is 4.86. The predicted molar refractivity (Wildman–Crippen MR) is 80.2 cm³/mol. The van der Waals surface area contributed by atoms with E-state index >= 15 is 0 Å². The van der Waals surface area contributed by atoms with Crippen molar-refractivity contribution in [3.8, 4) is 0 Å². The summed E-state index contributed by atoms with van der Waals surface area (Å²) >= 11 is 0. The van der Waals surface area contributed by atoms with Crippen molar-refractivity contribution in [2.75, 3.05) is 32.7 Å². The minimum absolute atomic E-state index is 0.486. The van der Waals surface area contributed by atoms with Crippen LogP contribution in [-0.4, -0.2) is 54.6 Å². The topological polar surface area (TPSA) is 32.5 Å². The van der Waals surface area contributed by atoms with Gasteiger partial charge in [0.1, 0.15) is 0 Å². The van der Waals surface area contributed by atoms with E-state index < -0.39 is 0 Å². The number of nitrogens with zero attached hydrogens (tertiary/aromatic N) is 2. The van der Waals surface area contributed by atoms with E-state index in [1.54, 1.807) is 0 Å². The molecule has 1 unspecified atom stereocenters. The van der Waals surface area contributed by atoms with Crippen LogP contribution >= 0.6 is 0 Å². The van der Waals surface area contributed by atoms with Crippen LogP contribution in [-0.2, 0) is 0 Å². The highest BCUT2D eigenvalue weighted by Crippen LogP contribution is 2.33. The van der Waals surface area contributed by atoms with Crippen molar-refractivity contribution < 1.29 is 0 Å². The van der Waals surface area contributed by atoms with Crippen LogP contribution in [0.2, 0.25) is 0 Å². The molecule has 0 bridgehead atoms. The number of likely N-dealkylation sites (tertiary alicyclic amines) is 2. The Morgan fingerprint density at radius 1 is 0.895 bits per heavy atom. The molecule has 1 aliphatic carbocycles. The van der Waals surface area contributed by atoms with Gasteiger partial charge in [0.05, 0.1) is 0 Å². The number of piperidine rings is 2. The highest BCUT2D eigenvalue weighted by atomic mass is 15.2. The van der Waals surface area contributed by atoms with E-state index in [0.717, 1.165) is 12.0 Å². The molecule has 2 aliphatic heterocycles. The second kappa shape index (κ2) is 6.55. The van der Waals surface area contributed by atoms with E-state index in [-0.39, 0.29) is 0 Å². The molecular formula is C16H31N3. The fourth-order valence-corrected chi connectivity index (χ4v) is 3.88. The van der Waals surface area contributed by atoms with Crippen LogP contribution < -0.4 is 5.73 Å². The monoisotopic (exact) mass is 265 g/mol. The first-order valence-electron chi connectivity index (χ1n) is 8.55. The molecule has 110 valence electrons. The van der Waals surface area contributed by atoms with Gasteiger partial charge >= 0.3 is 0 Å². The Labute approximate surface area is 118 Å². The molecule has 0 spiro atoms. The summed E-state index contributed by atoms with van der Waals surface area (Å²) in [5, 5.41) is 0. The van der Waals surface area contributed by atoms with Crippen molar-refractivity contribution in [2.45, 2.75) is 63.5 Å². The van der Waals surface area contributed by atoms with Crippen LogP contribution in [0.25, 0.3) is 0 Å². The third-order valence-electron chi connectivity index (χ3n) is 5.47. The fraction of sp³-hybridized carbons (Fsp3) is 1.00. The van der Waals surface area contributed by atoms with Gasteiger partial charge < -0.3 is 15.5 Å². The third-order valence-corrected chi connectivity index (χ3v) is 5.47. The molecule has 2 heterocycles. The minimum atomic E-state index is 0.486. The van der Waals surface area contributed by atoms with Gasteiger partial charge in [-0.05, 0) is 83.6 Å². The summed E-state index contributed by atoms with van der Waals surface area (Å²) in [5.41, 5.74) is 6.21. The Morgan fingerprint density at radius 2 is 1.58 bits per heavy atom. The van der Waals surface area contributed by atoms with Crippen LogP contribution in [0, 0.1) is 5.92 Å². The molecule has 3 fully saturated rings. The predicted octanol–water partition coefficient (Wildman–Crippen LogP) is 2.06. The molecule has 1 saturated carbocycles. The maximum atomic E-state index is 6.21. The van der Waals surface area contributed by atoms with Crippen molar-refractivity contribution in [3.05, 3.63) is 0 Å². The molecule has 3 nitrogen and oxygen atoms in total. The molecule has 0 radical (unpaired) electrons. The van der Waals surface area contributed by atoms with Gasteiger partial charge in [0, 0.05) is 12.1 Å². The van der Waals surface area contributed by atoms with Gasteiger partial charge in [-0.25, -0.2) is 0 Å². The Hall–Kier alpha value is -0.120.